The van der Waals surface area contributed by atoms with Crippen molar-refractivity contribution in [3.8, 4) is 23.0 Å². The molecule has 0 atom stereocenters. The van der Waals surface area contributed by atoms with Crippen LogP contribution in [0.15, 0.2) is 65.8 Å². The van der Waals surface area contributed by atoms with Crippen molar-refractivity contribution in [1.29, 1.82) is 0 Å². The van der Waals surface area contributed by atoms with Crippen molar-refractivity contribution in [2.75, 3.05) is 20.8 Å². The van der Waals surface area contributed by atoms with E-state index in [-0.39, 0.29) is 5.91 Å². The summed E-state index contributed by atoms with van der Waals surface area (Å²) in [6, 6.07) is 17.8. The zero-order valence-electron chi connectivity index (χ0n) is 19.3. The van der Waals surface area contributed by atoms with E-state index in [2.05, 4.69) is 10.5 Å². The number of hydrogen-bond acceptors (Lipinski definition) is 6. The fraction of sp³-hybridized carbons (Fsp3) is 0.231. The van der Waals surface area contributed by atoms with Gasteiger partial charge in [-0.05, 0) is 66.1 Å². The minimum absolute atomic E-state index is 0.353. The minimum atomic E-state index is -0.370. The lowest BCUT2D eigenvalue weighted by Crippen LogP contribution is -2.17. The molecule has 8 heteroatoms. The van der Waals surface area contributed by atoms with Gasteiger partial charge in [0.05, 0.1) is 27.0 Å². The van der Waals surface area contributed by atoms with Crippen molar-refractivity contribution in [2.24, 2.45) is 5.10 Å². The monoisotopic (exact) mass is 482 g/mol. The van der Waals surface area contributed by atoms with Gasteiger partial charge in [-0.25, -0.2) is 5.43 Å². The van der Waals surface area contributed by atoms with Crippen LogP contribution in [0.25, 0.3) is 0 Å². The number of benzene rings is 3. The number of ether oxygens (including phenoxy) is 4. The zero-order chi connectivity index (χ0) is 24.3. The summed E-state index contributed by atoms with van der Waals surface area (Å²) < 4.78 is 22.2. The van der Waals surface area contributed by atoms with E-state index in [1.807, 2.05) is 37.3 Å². The standard InChI is InChI=1S/C26H27ClN2O5/c1-4-12-33-22-11-9-20(15-25(22)32-3)26(30)29-28-16-18-8-10-23(24(14-18)31-2)34-17-19-6-5-7-21(27)13-19/h5-11,13-16H,4,12,17H2,1-3H3,(H,29,30)/b28-16+. The molecule has 0 aliphatic heterocycles. The van der Waals surface area contributed by atoms with Crippen molar-refractivity contribution >= 4 is 23.7 Å². The maximum absolute atomic E-state index is 12.5. The van der Waals surface area contributed by atoms with Gasteiger partial charge in [-0.15, -0.1) is 0 Å². The number of methoxy groups -OCH3 is 2. The second-order valence-electron chi connectivity index (χ2n) is 7.24. The molecule has 178 valence electrons. The summed E-state index contributed by atoms with van der Waals surface area (Å²) in [5.74, 6) is 1.84. The van der Waals surface area contributed by atoms with Crippen LogP contribution in [0.3, 0.4) is 0 Å². The maximum atomic E-state index is 12.5. The number of hydrazone groups is 1. The third-order valence-electron chi connectivity index (χ3n) is 4.74. The molecule has 0 aromatic heterocycles. The third-order valence-corrected chi connectivity index (χ3v) is 4.97. The normalized spacial score (nSPS) is 10.7. The van der Waals surface area contributed by atoms with Gasteiger partial charge in [0, 0.05) is 10.6 Å². The molecule has 0 saturated carbocycles. The van der Waals surface area contributed by atoms with Gasteiger partial charge in [-0.1, -0.05) is 30.7 Å². The lowest BCUT2D eigenvalue weighted by atomic mass is 10.2. The average molecular weight is 483 g/mol. The Morgan fingerprint density at radius 2 is 1.68 bits per heavy atom. The van der Waals surface area contributed by atoms with Crippen molar-refractivity contribution < 1.29 is 23.7 Å². The zero-order valence-corrected chi connectivity index (χ0v) is 20.1. The molecule has 0 radical (unpaired) electrons. The summed E-state index contributed by atoms with van der Waals surface area (Å²) in [7, 11) is 3.09. The van der Waals surface area contributed by atoms with Crippen molar-refractivity contribution in [2.45, 2.75) is 20.0 Å². The molecule has 0 aliphatic rings. The Bertz CT molecular complexity index is 1150. The van der Waals surface area contributed by atoms with Crippen molar-refractivity contribution in [3.05, 3.63) is 82.4 Å². The topological polar surface area (TPSA) is 78.4 Å². The van der Waals surface area contributed by atoms with E-state index < -0.39 is 0 Å². The molecule has 3 rings (SSSR count). The molecule has 0 aliphatic carbocycles. The second-order valence-corrected chi connectivity index (χ2v) is 7.68. The van der Waals surface area contributed by atoms with Crippen LogP contribution in [0.1, 0.15) is 34.8 Å². The Labute approximate surface area is 204 Å². The third kappa shape index (κ3) is 6.89. The first-order valence-corrected chi connectivity index (χ1v) is 11.1. The predicted molar refractivity (Wildman–Crippen MR) is 133 cm³/mol. The molecule has 0 saturated heterocycles. The number of hydrogen-bond donors (Lipinski definition) is 1. The van der Waals surface area contributed by atoms with Gasteiger partial charge in [0.2, 0.25) is 0 Å². The molecule has 1 amide bonds. The molecule has 3 aromatic carbocycles. The summed E-state index contributed by atoms with van der Waals surface area (Å²) in [5.41, 5.74) is 4.60. The Morgan fingerprint density at radius 3 is 2.41 bits per heavy atom. The summed E-state index contributed by atoms with van der Waals surface area (Å²) in [5, 5.41) is 4.70. The summed E-state index contributed by atoms with van der Waals surface area (Å²) >= 11 is 6.02. The number of halogens is 1. The second kappa shape index (κ2) is 12.5. The highest BCUT2D eigenvalue weighted by Crippen LogP contribution is 2.29. The van der Waals surface area contributed by atoms with Crippen LogP contribution in [-0.4, -0.2) is 32.9 Å². The average Bonchev–Trinajstić information content (AvgIpc) is 2.86. The molecule has 7 nitrogen and oxygen atoms in total. The Morgan fingerprint density at radius 1 is 0.941 bits per heavy atom. The first-order chi connectivity index (χ1) is 16.5. The van der Waals surface area contributed by atoms with Crippen LogP contribution in [0.4, 0.5) is 0 Å². The summed E-state index contributed by atoms with van der Waals surface area (Å²) in [6.07, 6.45) is 2.40. The SMILES string of the molecule is CCCOc1ccc(C(=O)N/N=C/c2ccc(OCc3cccc(Cl)c3)c(OC)c2)cc1OC. The van der Waals surface area contributed by atoms with Gasteiger partial charge in [0.15, 0.2) is 23.0 Å². The maximum Gasteiger partial charge on any atom is 0.271 e. The van der Waals surface area contributed by atoms with Gasteiger partial charge in [0.25, 0.3) is 5.91 Å². The molecule has 0 unspecified atom stereocenters. The highest BCUT2D eigenvalue weighted by Gasteiger charge is 2.11. The Kier molecular flexibility index (Phi) is 9.17. The number of rotatable bonds is 11. The first-order valence-electron chi connectivity index (χ1n) is 10.7. The molecule has 0 fully saturated rings. The lowest BCUT2D eigenvalue weighted by Gasteiger charge is -2.12. The van der Waals surface area contributed by atoms with E-state index in [9.17, 15) is 4.79 Å². The summed E-state index contributed by atoms with van der Waals surface area (Å²) in [4.78, 5) is 12.5. The summed E-state index contributed by atoms with van der Waals surface area (Å²) in [6.45, 7) is 2.94. The van der Waals surface area contributed by atoms with E-state index in [4.69, 9.17) is 30.5 Å². The highest BCUT2D eigenvalue weighted by molar-refractivity contribution is 6.30. The van der Waals surface area contributed by atoms with Gasteiger partial charge >= 0.3 is 0 Å². The quantitative estimate of drug-likeness (QED) is 0.289. The predicted octanol–water partition coefficient (Wildman–Crippen LogP) is 5.49. The molecule has 0 heterocycles. The van der Waals surface area contributed by atoms with Crippen molar-refractivity contribution in [3.63, 3.8) is 0 Å². The molecule has 34 heavy (non-hydrogen) atoms. The minimum Gasteiger partial charge on any atom is -0.493 e. The van der Waals surface area contributed by atoms with Crippen LogP contribution in [0.5, 0.6) is 23.0 Å². The van der Waals surface area contributed by atoms with Crippen LogP contribution in [0, 0.1) is 0 Å². The first kappa shape index (κ1) is 24.9. The van der Waals surface area contributed by atoms with Crippen LogP contribution in [-0.2, 0) is 6.61 Å². The number of carbonyl (C=O) groups is 1. The van der Waals surface area contributed by atoms with Gasteiger partial charge in [-0.3, -0.25) is 4.79 Å². The number of nitrogens with one attached hydrogen (secondary N) is 1. The Balaban J connectivity index is 1.62. The van der Waals surface area contributed by atoms with Crippen LogP contribution < -0.4 is 24.4 Å². The van der Waals surface area contributed by atoms with Gasteiger partial charge < -0.3 is 18.9 Å². The van der Waals surface area contributed by atoms with E-state index in [0.717, 1.165) is 17.5 Å². The molecular weight excluding hydrogens is 456 g/mol. The number of nitrogens with zero attached hydrogens (tertiary/aromatic N) is 1. The number of carbonyl (C=O) groups excluding carboxylic acids is 1. The molecule has 0 spiro atoms. The van der Waals surface area contributed by atoms with E-state index >= 15 is 0 Å². The van der Waals surface area contributed by atoms with Crippen molar-refractivity contribution in [1.82, 2.24) is 5.43 Å². The van der Waals surface area contributed by atoms with E-state index in [1.54, 1.807) is 37.4 Å². The van der Waals surface area contributed by atoms with E-state index in [0.29, 0.717) is 46.8 Å². The van der Waals surface area contributed by atoms with E-state index in [1.165, 1.54) is 13.3 Å². The lowest BCUT2D eigenvalue weighted by molar-refractivity contribution is 0.0954. The van der Waals surface area contributed by atoms with Crippen LogP contribution in [0.2, 0.25) is 5.02 Å². The smallest absolute Gasteiger partial charge is 0.271 e. The fourth-order valence-electron chi connectivity index (χ4n) is 3.04. The highest BCUT2D eigenvalue weighted by atomic mass is 35.5. The largest absolute Gasteiger partial charge is 0.493 e. The number of amides is 1. The molecular formula is C26H27ClN2O5. The van der Waals surface area contributed by atoms with Crippen LogP contribution >= 0.6 is 11.6 Å². The fourth-order valence-corrected chi connectivity index (χ4v) is 3.25. The molecule has 0 bridgehead atoms. The van der Waals surface area contributed by atoms with Gasteiger partial charge in [0.1, 0.15) is 6.61 Å². The van der Waals surface area contributed by atoms with Gasteiger partial charge in [-0.2, -0.15) is 5.10 Å². The molecule has 3 aromatic rings. The molecule has 1 N–H and O–H groups in total. The Hall–Kier alpha value is -3.71.